The molecule has 0 saturated carbocycles. The number of morpholine rings is 1. The molecule has 33 heavy (non-hydrogen) atoms. The summed E-state index contributed by atoms with van der Waals surface area (Å²) in [6.07, 6.45) is 3.36. The van der Waals surface area contributed by atoms with Crippen LogP contribution in [0.5, 0.6) is 0 Å². The number of hydrogen-bond donors (Lipinski definition) is 1. The minimum absolute atomic E-state index is 0.0514. The Bertz CT molecular complexity index is 1250. The predicted molar refractivity (Wildman–Crippen MR) is 120 cm³/mol. The molecule has 4 rings (SSSR count). The summed E-state index contributed by atoms with van der Waals surface area (Å²) in [6, 6.07) is 9.68. The number of carbonyl (C=O) groups excluding carboxylic acids is 1. The Morgan fingerprint density at radius 2 is 1.85 bits per heavy atom. The third-order valence-electron chi connectivity index (χ3n) is 5.66. The van der Waals surface area contributed by atoms with E-state index >= 15 is 0 Å². The van der Waals surface area contributed by atoms with E-state index in [0.717, 1.165) is 0 Å². The lowest BCUT2D eigenvalue weighted by molar-refractivity contribution is 0.0730. The molecule has 1 amide bonds. The summed E-state index contributed by atoms with van der Waals surface area (Å²) < 4.78 is 48.0. The van der Waals surface area contributed by atoms with E-state index < -0.39 is 22.0 Å². The third kappa shape index (κ3) is 4.82. The van der Waals surface area contributed by atoms with E-state index in [1.807, 2.05) is 0 Å². The van der Waals surface area contributed by atoms with Crippen molar-refractivity contribution in [3.63, 3.8) is 0 Å². The number of nitrogens with zero attached hydrogens (tertiary/aromatic N) is 3. The number of nitrogens with one attached hydrogen (secondary N) is 1. The highest BCUT2D eigenvalue weighted by Gasteiger charge is 2.28. The first-order valence-corrected chi connectivity index (χ1v) is 11.9. The van der Waals surface area contributed by atoms with Gasteiger partial charge < -0.3 is 14.6 Å². The van der Waals surface area contributed by atoms with Gasteiger partial charge in [-0.05, 0) is 42.3 Å². The molecule has 1 aliphatic rings. The highest BCUT2D eigenvalue weighted by Crippen LogP contribution is 2.24. The van der Waals surface area contributed by atoms with Gasteiger partial charge in [-0.2, -0.15) is 4.31 Å². The zero-order valence-electron chi connectivity index (χ0n) is 18.4. The molecule has 0 aliphatic carbocycles. The Kier molecular flexibility index (Phi) is 6.59. The van der Waals surface area contributed by atoms with Gasteiger partial charge in [-0.3, -0.25) is 4.79 Å². The molecule has 0 spiro atoms. The molecule has 1 atom stereocenters. The maximum absolute atomic E-state index is 13.5. The number of rotatable bonds is 6. The maximum atomic E-state index is 13.5. The van der Waals surface area contributed by atoms with Crippen LogP contribution in [0, 0.1) is 12.7 Å². The highest BCUT2D eigenvalue weighted by molar-refractivity contribution is 7.89. The first-order chi connectivity index (χ1) is 15.8. The van der Waals surface area contributed by atoms with Crippen LogP contribution < -0.4 is 5.32 Å². The average molecular weight is 473 g/mol. The van der Waals surface area contributed by atoms with Gasteiger partial charge in [0, 0.05) is 38.1 Å². The lowest BCUT2D eigenvalue weighted by atomic mass is 10.0. The van der Waals surface area contributed by atoms with E-state index in [9.17, 15) is 17.6 Å². The Labute approximate surface area is 192 Å². The Balaban J connectivity index is 1.67. The number of amides is 1. The molecule has 174 valence electrons. The van der Waals surface area contributed by atoms with Crippen LogP contribution in [0.3, 0.4) is 0 Å². The average Bonchev–Trinajstić information content (AvgIpc) is 3.24. The molecule has 2 heterocycles. The number of halogens is 1. The Morgan fingerprint density at radius 1 is 1.15 bits per heavy atom. The van der Waals surface area contributed by atoms with Gasteiger partial charge in [-0.25, -0.2) is 17.8 Å². The normalized spacial score (nSPS) is 15.8. The van der Waals surface area contributed by atoms with E-state index in [1.54, 1.807) is 49.1 Å². The lowest BCUT2D eigenvalue weighted by Gasteiger charge is -2.26. The van der Waals surface area contributed by atoms with Gasteiger partial charge in [0.1, 0.15) is 17.7 Å². The van der Waals surface area contributed by atoms with Crippen molar-refractivity contribution in [2.75, 3.05) is 26.3 Å². The van der Waals surface area contributed by atoms with E-state index in [1.165, 1.54) is 28.6 Å². The molecule has 1 aliphatic heterocycles. The van der Waals surface area contributed by atoms with Crippen LogP contribution in [-0.4, -0.2) is 54.5 Å². The van der Waals surface area contributed by atoms with Crippen molar-refractivity contribution in [1.29, 1.82) is 0 Å². The van der Waals surface area contributed by atoms with Crippen molar-refractivity contribution in [3.8, 4) is 0 Å². The summed E-state index contributed by atoms with van der Waals surface area (Å²) in [5, 5.41) is 2.94. The fraction of sp³-hybridized carbons (Fsp3) is 0.304. The van der Waals surface area contributed by atoms with Crippen molar-refractivity contribution in [2.45, 2.75) is 17.9 Å². The summed E-state index contributed by atoms with van der Waals surface area (Å²) in [5.74, 6) is -0.283. The summed E-state index contributed by atoms with van der Waals surface area (Å²) in [6.45, 7) is 2.95. The van der Waals surface area contributed by atoms with Crippen LogP contribution in [0.4, 0.5) is 4.39 Å². The second-order valence-corrected chi connectivity index (χ2v) is 9.79. The molecule has 0 bridgehead atoms. The van der Waals surface area contributed by atoms with Crippen molar-refractivity contribution in [3.05, 3.63) is 83.2 Å². The van der Waals surface area contributed by atoms with Crippen LogP contribution in [0.25, 0.3) is 0 Å². The number of sulfonamides is 1. The van der Waals surface area contributed by atoms with Crippen molar-refractivity contribution < 1.29 is 22.3 Å². The molecule has 0 unspecified atom stereocenters. The van der Waals surface area contributed by atoms with Crippen molar-refractivity contribution in [1.82, 2.24) is 19.2 Å². The van der Waals surface area contributed by atoms with E-state index in [2.05, 4.69) is 10.3 Å². The minimum Gasteiger partial charge on any atom is -0.379 e. The summed E-state index contributed by atoms with van der Waals surface area (Å²) >= 11 is 0. The molecule has 1 aromatic heterocycles. The second kappa shape index (κ2) is 9.42. The van der Waals surface area contributed by atoms with Gasteiger partial charge >= 0.3 is 0 Å². The van der Waals surface area contributed by atoms with Gasteiger partial charge in [0.25, 0.3) is 5.91 Å². The number of ether oxygens (including phenoxy) is 1. The number of hydrogen-bond acceptors (Lipinski definition) is 5. The molecule has 10 heteroatoms. The van der Waals surface area contributed by atoms with E-state index in [-0.39, 0.29) is 29.4 Å². The topological polar surface area (TPSA) is 93.5 Å². The van der Waals surface area contributed by atoms with Gasteiger partial charge in [0.15, 0.2) is 0 Å². The van der Waals surface area contributed by atoms with Gasteiger partial charge in [-0.1, -0.05) is 18.2 Å². The fourth-order valence-corrected chi connectivity index (χ4v) is 5.19. The molecular weight excluding hydrogens is 447 g/mol. The molecule has 2 aromatic carbocycles. The number of benzene rings is 2. The zero-order valence-corrected chi connectivity index (χ0v) is 19.2. The largest absolute Gasteiger partial charge is 0.379 e. The number of carbonyl (C=O) groups is 1. The molecule has 0 radical (unpaired) electrons. The quantitative estimate of drug-likeness (QED) is 0.595. The number of imidazole rings is 1. The highest BCUT2D eigenvalue weighted by atomic mass is 32.2. The van der Waals surface area contributed by atoms with Crippen molar-refractivity contribution >= 4 is 15.9 Å². The van der Waals surface area contributed by atoms with Gasteiger partial charge in [0.05, 0.1) is 18.1 Å². The Morgan fingerprint density at radius 3 is 2.48 bits per heavy atom. The lowest BCUT2D eigenvalue weighted by Crippen LogP contribution is -2.40. The van der Waals surface area contributed by atoms with Gasteiger partial charge in [0.2, 0.25) is 10.0 Å². The number of aromatic nitrogens is 2. The second-order valence-electron chi connectivity index (χ2n) is 7.85. The molecule has 1 fully saturated rings. The summed E-state index contributed by atoms with van der Waals surface area (Å²) in [7, 11) is -1.96. The molecule has 1 N–H and O–H groups in total. The van der Waals surface area contributed by atoms with Crippen molar-refractivity contribution in [2.24, 2.45) is 7.05 Å². The monoisotopic (exact) mass is 472 g/mol. The van der Waals surface area contributed by atoms with Crippen LogP contribution >= 0.6 is 0 Å². The molecule has 8 nitrogen and oxygen atoms in total. The van der Waals surface area contributed by atoms with Crippen LogP contribution in [0.2, 0.25) is 0 Å². The molecule has 1 saturated heterocycles. The van der Waals surface area contributed by atoms with E-state index in [4.69, 9.17) is 4.74 Å². The van der Waals surface area contributed by atoms with Crippen LogP contribution in [-0.2, 0) is 21.8 Å². The van der Waals surface area contributed by atoms with Crippen LogP contribution in [0.15, 0.2) is 59.8 Å². The third-order valence-corrected chi connectivity index (χ3v) is 7.55. The predicted octanol–water partition coefficient (Wildman–Crippen LogP) is 2.41. The van der Waals surface area contributed by atoms with Crippen LogP contribution in [0.1, 0.15) is 33.4 Å². The molecule has 3 aromatic rings. The molecular formula is C23H25FN4O4S. The Hall–Kier alpha value is -3.08. The standard InChI is InChI=1S/C23H25FN4O4S/c1-16-3-8-19(33(30,31)28-11-13-32-14-12-28)15-20(16)23(29)26-21(22-25-9-10-27(22)2)17-4-6-18(24)7-5-17/h3-10,15,21H,11-14H2,1-2H3,(H,26,29)/t21-/m1/s1. The smallest absolute Gasteiger partial charge is 0.252 e. The number of aryl methyl sites for hydroxylation is 2. The van der Waals surface area contributed by atoms with Gasteiger partial charge in [-0.15, -0.1) is 0 Å². The van der Waals surface area contributed by atoms with E-state index in [0.29, 0.717) is 30.2 Å². The zero-order chi connectivity index (χ0) is 23.6. The summed E-state index contributed by atoms with van der Waals surface area (Å²) in [5.41, 5.74) is 1.52. The first-order valence-electron chi connectivity index (χ1n) is 10.5. The fourth-order valence-electron chi connectivity index (χ4n) is 3.76. The first kappa shape index (κ1) is 23.1. The SMILES string of the molecule is Cc1ccc(S(=O)(=O)N2CCOCC2)cc1C(=O)N[C@H](c1ccc(F)cc1)c1nccn1C. The summed E-state index contributed by atoms with van der Waals surface area (Å²) in [4.78, 5) is 17.7. The maximum Gasteiger partial charge on any atom is 0.252 e. The minimum atomic E-state index is -3.75.